The highest BCUT2D eigenvalue weighted by atomic mass is 19.1. The molecule has 1 rings (SSSR count). The summed E-state index contributed by atoms with van der Waals surface area (Å²) in [4.78, 5) is 0. The Balaban J connectivity index is 3.23. The summed E-state index contributed by atoms with van der Waals surface area (Å²) in [6.45, 7) is 3.30. The first-order valence-corrected chi connectivity index (χ1v) is 3.77. The highest BCUT2D eigenvalue weighted by Gasteiger charge is 2.09. The van der Waals surface area contributed by atoms with Crippen LogP contribution >= 0.6 is 0 Å². The van der Waals surface area contributed by atoms with Crippen LogP contribution in [0.4, 0.5) is 4.39 Å². The van der Waals surface area contributed by atoms with E-state index in [-0.39, 0.29) is 17.6 Å². The lowest BCUT2D eigenvalue weighted by Gasteiger charge is -2.09. The Hall–Kier alpha value is -1.09. The van der Waals surface area contributed by atoms with Gasteiger partial charge in [-0.1, -0.05) is 0 Å². The van der Waals surface area contributed by atoms with Gasteiger partial charge in [0.2, 0.25) is 0 Å². The number of phenols is 1. The van der Waals surface area contributed by atoms with E-state index in [1.807, 2.05) is 0 Å². The molecule has 0 radical (unpaired) electrons. The molecule has 1 aromatic rings. The van der Waals surface area contributed by atoms with Gasteiger partial charge in [0.25, 0.3) is 0 Å². The lowest BCUT2D eigenvalue weighted by Crippen LogP contribution is -2.06. The van der Waals surface area contributed by atoms with Crippen molar-refractivity contribution >= 4 is 0 Å². The zero-order valence-corrected chi connectivity index (χ0v) is 7.13. The molecule has 0 saturated carbocycles. The minimum atomic E-state index is -0.347. The second kappa shape index (κ2) is 3.11. The molecule has 0 saturated heterocycles. The Labute approximate surface area is 70.8 Å². The van der Waals surface area contributed by atoms with Crippen molar-refractivity contribution in [3.05, 3.63) is 29.1 Å². The van der Waals surface area contributed by atoms with Crippen molar-refractivity contribution in [3.8, 4) is 5.75 Å². The van der Waals surface area contributed by atoms with Gasteiger partial charge in [-0.05, 0) is 31.5 Å². The molecule has 3 N–H and O–H groups in total. The Bertz CT molecular complexity index is 297. The van der Waals surface area contributed by atoms with E-state index < -0.39 is 0 Å². The first-order chi connectivity index (χ1) is 5.52. The lowest BCUT2D eigenvalue weighted by atomic mass is 10.1. The highest BCUT2D eigenvalue weighted by molar-refractivity contribution is 5.38. The summed E-state index contributed by atoms with van der Waals surface area (Å²) >= 11 is 0. The fraction of sp³-hybridized carbons (Fsp3) is 0.333. The number of phenolic OH excluding ortho intramolecular Hbond substituents is 1. The summed E-state index contributed by atoms with van der Waals surface area (Å²) in [7, 11) is 0. The molecule has 0 unspecified atom stereocenters. The minimum Gasteiger partial charge on any atom is -0.508 e. The van der Waals surface area contributed by atoms with E-state index in [1.54, 1.807) is 13.8 Å². The van der Waals surface area contributed by atoms with Gasteiger partial charge in [0.15, 0.2) is 0 Å². The van der Waals surface area contributed by atoms with Crippen LogP contribution in [0.1, 0.15) is 24.1 Å². The van der Waals surface area contributed by atoms with Crippen LogP contribution in [0.15, 0.2) is 12.1 Å². The van der Waals surface area contributed by atoms with Crippen molar-refractivity contribution in [1.29, 1.82) is 0 Å². The smallest absolute Gasteiger partial charge is 0.126 e. The van der Waals surface area contributed by atoms with Crippen molar-refractivity contribution in [1.82, 2.24) is 0 Å². The van der Waals surface area contributed by atoms with Gasteiger partial charge in [-0.2, -0.15) is 0 Å². The maximum absolute atomic E-state index is 13.0. The van der Waals surface area contributed by atoms with E-state index >= 15 is 0 Å². The molecule has 3 heteroatoms. The average Bonchev–Trinajstić information content (AvgIpc) is 1.96. The highest BCUT2D eigenvalue weighted by Crippen LogP contribution is 2.25. The number of nitrogens with two attached hydrogens (primary N) is 1. The zero-order valence-electron chi connectivity index (χ0n) is 7.13. The predicted octanol–water partition coefficient (Wildman–Crippen LogP) is 1.86. The van der Waals surface area contributed by atoms with Crippen LogP contribution < -0.4 is 5.73 Å². The standard InChI is InChI=1S/C9H12FNO/c1-5-3-9(12)7(6(2)11)4-8(5)10/h3-4,6,12H,11H2,1-2H3/t6-/m1/s1. The van der Waals surface area contributed by atoms with Gasteiger partial charge in [0.05, 0.1) is 0 Å². The van der Waals surface area contributed by atoms with Crippen molar-refractivity contribution in [3.63, 3.8) is 0 Å². The molecular formula is C9H12FNO. The monoisotopic (exact) mass is 169 g/mol. The topological polar surface area (TPSA) is 46.2 Å². The van der Waals surface area contributed by atoms with Gasteiger partial charge in [0, 0.05) is 11.6 Å². The fourth-order valence-electron chi connectivity index (χ4n) is 1.05. The molecule has 0 amide bonds. The number of rotatable bonds is 1. The van der Waals surface area contributed by atoms with Crippen molar-refractivity contribution in [2.24, 2.45) is 5.73 Å². The number of aromatic hydroxyl groups is 1. The molecule has 12 heavy (non-hydrogen) atoms. The summed E-state index contributed by atoms with van der Waals surface area (Å²) in [6.07, 6.45) is 0. The van der Waals surface area contributed by atoms with Crippen LogP contribution in [0.25, 0.3) is 0 Å². The molecule has 0 aromatic heterocycles. The van der Waals surface area contributed by atoms with Crippen LogP contribution in [0, 0.1) is 12.7 Å². The summed E-state index contributed by atoms with van der Waals surface area (Å²) in [5.41, 5.74) is 6.38. The number of aryl methyl sites for hydroxylation is 1. The third-order valence-corrected chi connectivity index (χ3v) is 1.80. The minimum absolute atomic E-state index is 0.0592. The fourth-order valence-corrected chi connectivity index (χ4v) is 1.05. The van der Waals surface area contributed by atoms with E-state index in [0.717, 1.165) is 0 Å². The van der Waals surface area contributed by atoms with Crippen LogP contribution in [-0.2, 0) is 0 Å². The van der Waals surface area contributed by atoms with Crippen LogP contribution in [0.5, 0.6) is 5.75 Å². The maximum atomic E-state index is 13.0. The number of benzene rings is 1. The van der Waals surface area contributed by atoms with Crippen molar-refractivity contribution < 1.29 is 9.50 Å². The van der Waals surface area contributed by atoms with E-state index in [0.29, 0.717) is 11.1 Å². The molecule has 0 heterocycles. The predicted molar refractivity (Wildman–Crippen MR) is 45.4 cm³/mol. The van der Waals surface area contributed by atoms with Gasteiger partial charge in [-0.3, -0.25) is 0 Å². The van der Waals surface area contributed by atoms with Gasteiger partial charge in [-0.15, -0.1) is 0 Å². The summed E-state index contributed by atoms with van der Waals surface area (Å²) in [5.74, 6) is -0.274. The summed E-state index contributed by atoms with van der Waals surface area (Å²) in [5, 5.41) is 9.34. The van der Waals surface area contributed by atoms with Crippen molar-refractivity contribution in [2.45, 2.75) is 19.9 Å². The second-order valence-electron chi connectivity index (χ2n) is 2.95. The third kappa shape index (κ3) is 1.56. The van der Waals surface area contributed by atoms with Crippen LogP contribution in [-0.4, -0.2) is 5.11 Å². The van der Waals surface area contributed by atoms with E-state index in [4.69, 9.17) is 5.73 Å². The van der Waals surface area contributed by atoms with Crippen molar-refractivity contribution in [2.75, 3.05) is 0 Å². The molecule has 0 bridgehead atoms. The molecule has 1 atom stereocenters. The lowest BCUT2D eigenvalue weighted by molar-refractivity contribution is 0.460. The average molecular weight is 169 g/mol. The molecule has 0 spiro atoms. The molecule has 0 fully saturated rings. The Morgan fingerprint density at radius 3 is 2.58 bits per heavy atom. The molecule has 66 valence electrons. The van der Waals surface area contributed by atoms with Gasteiger partial charge < -0.3 is 10.8 Å². The van der Waals surface area contributed by atoms with E-state index in [1.165, 1.54) is 12.1 Å². The zero-order chi connectivity index (χ0) is 9.30. The molecule has 2 nitrogen and oxygen atoms in total. The first-order valence-electron chi connectivity index (χ1n) is 3.77. The Morgan fingerprint density at radius 2 is 2.08 bits per heavy atom. The van der Waals surface area contributed by atoms with E-state index in [2.05, 4.69) is 0 Å². The largest absolute Gasteiger partial charge is 0.508 e. The number of halogens is 1. The SMILES string of the molecule is Cc1cc(O)c([C@@H](C)N)cc1F. The Kier molecular flexibility index (Phi) is 2.33. The van der Waals surface area contributed by atoms with Crippen LogP contribution in [0.2, 0.25) is 0 Å². The summed E-state index contributed by atoms with van der Waals surface area (Å²) in [6, 6.07) is 2.31. The normalized spacial score (nSPS) is 13.0. The maximum Gasteiger partial charge on any atom is 0.126 e. The van der Waals surface area contributed by atoms with Gasteiger partial charge in [0.1, 0.15) is 11.6 Å². The van der Waals surface area contributed by atoms with Gasteiger partial charge >= 0.3 is 0 Å². The van der Waals surface area contributed by atoms with E-state index in [9.17, 15) is 9.50 Å². The second-order valence-corrected chi connectivity index (χ2v) is 2.95. The number of hydrogen-bond donors (Lipinski definition) is 2. The molecular weight excluding hydrogens is 157 g/mol. The number of hydrogen-bond acceptors (Lipinski definition) is 2. The third-order valence-electron chi connectivity index (χ3n) is 1.80. The first kappa shape index (κ1) is 9.00. The molecule has 0 aliphatic heterocycles. The van der Waals surface area contributed by atoms with Crippen LogP contribution in [0.3, 0.4) is 0 Å². The molecule has 1 aromatic carbocycles. The summed E-state index contributed by atoms with van der Waals surface area (Å²) < 4.78 is 13.0. The van der Waals surface area contributed by atoms with Gasteiger partial charge in [-0.25, -0.2) is 4.39 Å². The Morgan fingerprint density at radius 1 is 1.50 bits per heavy atom. The molecule has 0 aliphatic carbocycles. The quantitative estimate of drug-likeness (QED) is 0.674. The molecule has 0 aliphatic rings.